The fourth-order valence-corrected chi connectivity index (χ4v) is 1.50. The van der Waals surface area contributed by atoms with Gasteiger partial charge in [-0.25, -0.2) is 0 Å². The number of carbonyl (C=O) groups is 1. The number of hydrogen-bond donors (Lipinski definition) is 1. The Labute approximate surface area is 76.6 Å². The van der Waals surface area contributed by atoms with E-state index in [1.807, 2.05) is 13.2 Å². The lowest BCUT2D eigenvalue weighted by molar-refractivity contribution is -0.125. The predicted octanol–water partition coefficient (Wildman–Crippen LogP) is 1.00. The minimum absolute atomic E-state index is 0.0391. The average molecular weight is 190 g/mol. The van der Waals surface area contributed by atoms with E-state index in [4.69, 9.17) is 5.21 Å². The summed E-state index contributed by atoms with van der Waals surface area (Å²) in [6, 6.07) is 0. The second-order valence-electron chi connectivity index (χ2n) is 2.31. The van der Waals surface area contributed by atoms with Crippen molar-refractivity contribution in [3.05, 3.63) is 0 Å². The smallest absolute Gasteiger partial charge is 0.240 e. The summed E-state index contributed by atoms with van der Waals surface area (Å²) in [6.45, 7) is 1.95. The molecule has 0 heterocycles. The van der Waals surface area contributed by atoms with Gasteiger partial charge in [0.15, 0.2) is 0 Å². The fourth-order valence-electron chi connectivity index (χ4n) is 0.804. The predicted molar refractivity (Wildman–Crippen MR) is 50.6 cm³/mol. The largest absolute Gasteiger partial charge is 0.410 e. The maximum absolute atomic E-state index is 11.4. The van der Waals surface area contributed by atoms with Gasteiger partial charge < -0.3 is 10.1 Å². The van der Waals surface area contributed by atoms with E-state index in [1.54, 1.807) is 7.05 Å². The highest BCUT2D eigenvalue weighted by molar-refractivity contribution is 7.99. The highest BCUT2D eigenvalue weighted by atomic mass is 32.2. The van der Waals surface area contributed by atoms with Gasteiger partial charge >= 0.3 is 0 Å². The van der Waals surface area contributed by atoms with E-state index in [-0.39, 0.29) is 11.2 Å². The second-order valence-corrected chi connectivity index (χ2v) is 3.35. The Kier molecular flexibility index (Phi) is 5.53. The third-order valence-electron chi connectivity index (χ3n) is 1.50. The normalized spacial score (nSPS) is 13.2. The van der Waals surface area contributed by atoms with E-state index < -0.39 is 0 Å². The third kappa shape index (κ3) is 3.13. The number of thioether (sulfide) groups is 1. The van der Waals surface area contributed by atoms with Crippen molar-refractivity contribution in [2.75, 3.05) is 13.3 Å². The van der Waals surface area contributed by atoms with Gasteiger partial charge in [-0.15, -0.1) is 0 Å². The summed E-state index contributed by atoms with van der Waals surface area (Å²) in [7, 11) is 1.57. The molecule has 0 aromatic carbocycles. The van der Waals surface area contributed by atoms with Crippen LogP contribution in [0.1, 0.15) is 13.3 Å². The lowest BCUT2D eigenvalue weighted by Gasteiger charge is -2.16. The first-order valence-electron chi connectivity index (χ1n) is 3.64. The molecule has 4 nitrogen and oxygen atoms in total. The molecule has 0 rings (SSSR count). The summed E-state index contributed by atoms with van der Waals surface area (Å²) in [5.41, 5.74) is 0. The summed E-state index contributed by atoms with van der Waals surface area (Å²) in [6.07, 6.45) is 3.76. The molecule has 0 saturated carbocycles. The number of amides is 1. The van der Waals surface area contributed by atoms with E-state index in [1.165, 1.54) is 16.7 Å². The number of hydrogen-bond acceptors (Lipinski definition) is 4. The molecule has 0 aliphatic heterocycles. The first-order chi connectivity index (χ1) is 5.67. The Balaban J connectivity index is 4.15. The Morgan fingerprint density at radius 3 is 2.75 bits per heavy atom. The van der Waals surface area contributed by atoms with Crippen LogP contribution < -0.4 is 0 Å². The number of rotatable bonds is 4. The van der Waals surface area contributed by atoms with E-state index in [2.05, 4.69) is 5.16 Å². The summed E-state index contributed by atoms with van der Waals surface area (Å²) in [4.78, 5) is 12.7. The molecule has 0 aromatic heterocycles. The maximum atomic E-state index is 11.4. The molecule has 0 radical (unpaired) electrons. The molecular weight excluding hydrogens is 176 g/mol. The molecule has 0 aliphatic rings. The van der Waals surface area contributed by atoms with Crippen molar-refractivity contribution in [3.8, 4) is 0 Å². The van der Waals surface area contributed by atoms with Gasteiger partial charge in [0.1, 0.15) is 6.34 Å². The van der Waals surface area contributed by atoms with Crippen LogP contribution in [-0.2, 0) is 4.79 Å². The topological polar surface area (TPSA) is 52.9 Å². The van der Waals surface area contributed by atoms with Crippen LogP contribution >= 0.6 is 11.8 Å². The first kappa shape index (κ1) is 11.3. The minimum Gasteiger partial charge on any atom is -0.410 e. The second kappa shape index (κ2) is 5.88. The van der Waals surface area contributed by atoms with Crippen molar-refractivity contribution >= 4 is 24.0 Å². The molecule has 0 bridgehead atoms. The molecule has 12 heavy (non-hydrogen) atoms. The zero-order chi connectivity index (χ0) is 9.56. The highest BCUT2D eigenvalue weighted by Gasteiger charge is 2.17. The average Bonchev–Trinajstić information content (AvgIpc) is 2.07. The van der Waals surface area contributed by atoms with Gasteiger partial charge in [-0.2, -0.15) is 11.8 Å². The number of oxime groups is 1. The summed E-state index contributed by atoms with van der Waals surface area (Å²) in [5, 5.41) is 10.9. The van der Waals surface area contributed by atoms with E-state index in [9.17, 15) is 4.79 Å². The molecular formula is C7H14N2O2S. The third-order valence-corrected chi connectivity index (χ3v) is 2.61. The van der Waals surface area contributed by atoms with Crippen LogP contribution in [0.4, 0.5) is 0 Å². The standard InChI is InChI=1S/C7H14N2O2S/c1-4-6(12-3)7(10)9(2)5-8-11/h5-6,11H,4H2,1-3H3. The van der Waals surface area contributed by atoms with Gasteiger partial charge in [0.25, 0.3) is 0 Å². The molecule has 0 saturated heterocycles. The lowest BCUT2D eigenvalue weighted by Crippen LogP contribution is -2.33. The Morgan fingerprint density at radius 1 is 1.83 bits per heavy atom. The van der Waals surface area contributed by atoms with Gasteiger partial charge in [0.05, 0.1) is 5.25 Å². The number of carbonyl (C=O) groups excluding carboxylic acids is 1. The fraction of sp³-hybridized carbons (Fsp3) is 0.714. The van der Waals surface area contributed by atoms with Gasteiger partial charge in [0.2, 0.25) is 5.91 Å². The van der Waals surface area contributed by atoms with Crippen LogP contribution in [-0.4, -0.2) is 40.9 Å². The van der Waals surface area contributed by atoms with Crippen LogP contribution in [0.3, 0.4) is 0 Å². The van der Waals surface area contributed by atoms with Crippen molar-refractivity contribution in [1.29, 1.82) is 0 Å². The summed E-state index contributed by atoms with van der Waals surface area (Å²) >= 11 is 1.50. The van der Waals surface area contributed by atoms with Crippen LogP contribution in [0, 0.1) is 0 Å². The van der Waals surface area contributed by atoms with Crippen LogP contribution in [0.2, 0.25) is 0 Å². The van der Waals surface area contributed by atoms with Gasteiger partial charge in [-0.05, 0) is 12.7 Å². The van der Waals surface area contributed by atoms with Crippen molar-refractivity contribution in [2.45, 2.75) is 18.6 Å². The molecule has 1 unspecified atom stereocenters. The molecule has 0 spiro atoms. The SMILES string of the molecule is CCC(SC)C(=O)N(C)C=NO. The van der Waals surface area contributed by atoms with Gasteiger partial charge in [-0.1, -0.05) is 12.1 Å². The Morgan fingerprint density at radius 2 is 2.42 bits per heavy atom. The zero-order valence-corrected chi connectivity index (χ0v) is 8.34. The molecule has 1 amide bonds. The minimum atomic E-state index is -0.0481. The van der Waals surface area contributed by atoms with E-state index >= 15 is 0 Å². The van der Waals surface area contributed by atoms with Crippen LogP contribution in [0.15, 0.2) is 5.16 Å². The summed E-state index contributed by atoms with van der Waals surface area (Å²) < 4.78 is 0. The maximum Gasteiger partial charge on any atom is 0.240 e. The molecule has 0 aliphatic carbocycles. The van der Waals surface area contributed by atoms with E-state index in [0.717, 1.165) is 12.8 Å². The number of nitrogens with zero attached hydrogens (tertiary/aromatic N) is 2. The molecule has 70 valence electrons. The Bertz CT molecular complexity index is 169. The molecule has 5 heteroatoms. The van der Waals surface area contributed by atoms with Gasteiger partial charge in [0, 0.05) is 7.05 Å². The summed E-state index contributed by atoms with van der Waals surface area (Å²) in [5.74, 6) is -0.0391. The van der Waals surface area contributed by atoms with Crippen LogP contribution in [0.25, 0.3) is 0 Å². The zero-order valence-electron chi connectivity index (χ0n) is 7.52. The molecule has 0 aromatic rings. The molecule has 1 N–H and O–H groups in total. The van der Waals surface area contributed by atoms with E-state index in [0.29, 0.717) is 0 Å². The quantitative estimate of drug-likeness (QED) is 0.311. The lowest BCUT2D eigenvalue weighted by atomic mass is 10.3. The van der Waals surface area contributed by atoms with Crippen molar-refractivity contribution in [1.82, 2.24) is 4.90 Å². The molecule has 0 fully saturated rings. The monoisotopic (exact) mass is 190 g/mol. The van der Waals surface area contributed by atoms with Gasteiger partial charge in [-0.3, -0.25) is 4.79 Å². The highest BCUT2D eigenvalue weighted by Crippen LogP contribution is 2.12. The molecule has 1 atom stereocenters. The first-order valence-corrected chi connectivity index (χ1v) is 4.93. The van der Waals surface area contributed by atoms with Crippen molar-refractivity contribution < 1.29 is 10.0 Å². The van der Waals surface area contributed by atoms with Crippen LogP contribution in [0.5, 0.6) is 0 Å². The Hall–Kier alpha value is -0.710. The van der Waals surface area contributed by atoms with Crippen molar-refractivity contribution in [3.63, 3.8) is 0 Å². The van der Waals surface area contributed by atoms with Crippen molar-refractivity contribution in [2.24, 2.45) is 5.16 Å².